The molecule has 0 bridgehead atoms. The van der Waals surface area contributed by atoms with E-state index in [4.69, 9.17) is 4.74 Å². The Morgan fingerprint density at radius 2 is 1.85 bits per heavy atom. The lowest BCUT2D eigenvalue weighted by atomic mass is 10.0. The molecule has 3 aromatic rings. The fourth-order valence-corrected chi connectivity index (χ4v) is 3.99. The summed E-state index contributed by atoms with van der Waals surface area (Å²) >= 11 is 1.40. The molecule has 0 atom stereocenters. The molecule has 0 radical (unpaired) electrons. The maximum atomic E-state index is 12.5. The second kappa shape index (κ2) is 7.88. The van der Waals surface area contributed by atoms with Crippen LogP contribution >= 0.6 is 11.3 Å². The van der Waals surface area contributed by atoms with Crippen molar-refractivity contribution in [1.82, 2.24) is 4.57 Å². The Balaban J connectivity index is 2.00. The summed E-state index contributed by atoms with van der Waals surface area (Å²) in [6.07, 6.45) is 0.229. The first kappa shape index (κ1) is 19.0. The summed E-state index contributed by atoms with van der Waals surface area (Å²) in [6.45, 7) is 6.10. The van der Waals surface area contributed by atoms with Crippen molar-refractivity contribution in [2.75, 3.05) is 7.11 Å². The van der Waals surface area contributed by atoms with E-state index in [0.717, 1.165) is 26.9 Å². The van der Waals surface area contributed by atoms with Gasteiger partial charge in [0.1, 0.15) is 6.54 Å². The SMILES string of the molecule is COC(=O)Cn1c(=NC(=O)Cc2ccc(C)c(C)c2)sc2cc(C)ccc21. The van der Waals surface area contributed by atoms with Gasteiger partial charge in [-0.2, -0.15) is 4.99 Å². The number of ether oxygens (including phenoxy) is 1. The van der Waals surface area contributed by atoms with E-state index in [1.54, 1.807) is 4.57 Å². The third kappa shape index (κ3) is 4.34. The minimum Gasteiger partial charge on any atom is -0.468 e. The molecule has 0 saturated carbocycles. The van der Waals surface area contributed by atoms with Gasteiger partial charge in [-0.1, -0.05) is 35.6 Å². The smallest absolute Gasteiger partial charge is 0.325 e. The third-order valence-corrected chi connectivity index (χ3v) is 5.54. The van der Waals surface area contributed by atoms with E-state index in [0.29, 0.717) is 4.80 Å². The molecule has 0 unspecified atom stereocenters. The van der Waals surface area contributed by atoms with Crippen molar-refractivity contribution in [3.63, 3.8) is 0 Å². The quantitative estimate of drug-likeness (QED) is 0.649. The van der Waals surface area contributed by atoms with Gasteiger partial charge in [0.2, 0.25) is 0 Å². The zero-order valence-electron chi connectivity index (χ0n) is 15.9. The molecule has 0 N–H and O–H groups in total. The summed E-state index contributed by atoms with van der Waals surface area (Å²) in [7, 11) is 1.35. The number of thiazole rings is 1. The molecule has 0 aliphatic heterocycles. The molecule has 0 fully saturated rings. The van der Waals surface area contributed by atoms with E-state index >= 15 is 0 Å². The number of aryl methyl sites for hydroxylation is 3. The van der Waals surface area contributed by atoms with E-state index in [1.807, 2.05) is 57.2 Å². The standard InChI is InChI=1S/C21H22N2O3S/c1-13-5-8-17-18(9-13)27-21(23(17)12-20(25)26-4)22-19(24)11-16-7-6-14(2)15(3)10-16/h5-10H,11-12H2,1-4H3. The highest BCUT2D eigenvalue weighted by Gasteiger charge is 2.12. The van der Waals surface area contributed by atoms with Gasteiger partial charge in [0.05, 0.1) is 23.7 Å². The Kier molecular flexibility index (Phi) is 5.56. The van der Waals surface area contributed by atoms with Gasteiger partial charge in [0, 0.05) is 0 Å². The summed E-state index contributed by atoms with van der Waals surface area (Å²) in [6, 6.07) is 11.9. The predicted molar refractivity (Wildman–Crippen MR) is 107 cm³/mol. The molecule has 0 saturated heterocycles. The average Bonchev–Trinajstić information content (AvgIpc) is 2.94. The average molecular weight is 382 g/mol. The fraction of sp³-hybridized carbons (Fsp3) is 0.286. The monoisotopic (exact) mass is 382 g/mol. The molecule has 140 valence electrons. The maximum absolute atomic E-state index is 12.5. The lowest BCUT2D eigenvalue weighted by Crippen LogP contribution is -2.22. The van der Waals surface area contributed by atoms with Crippen LogP contribution in [0.3, 0.4) is 0 Å². The summed E-state index contributed by atoms with van der Waals surface area (Å²) in [5, 5.41) is 0. The van der Waals surface area contributed by atoms with Crippen LogP contribution < -0.4 is 4.80 Å². The minimum atomic E-state index is -0.377. The number of rotatable bonds is 4. The summed E-state index contributed by atoms with van der Waals surface area (Å²) in [5.41, 5.74) is 5.26. The van der Waals surface area contributed by atoms with Crippen LogP contribution in [0.15, 0.2) is 41.4 Å². The second-order valence-electron chi connectivity index (χ2n) is 6.62. The summed E-state index contributed by atoms with van der Waals surface area (Å²) in [5.74, 6) is -0.613. The number of hydrogen-bond donors (Lipinski definition) is 0. The first-order valence-electron chi connectivity index (χ1n) is 8.68. The van der Waals surface area contributed by atoms with E-state index in [2.05, 4.69) is 4.99 Å². The number of nitrogens with zero attached hydrogens (tertiary/aromatic N) is 2. The minimum absolute atomic E-state index is 0.0231. The number of hydrogen-bond acceptors (Lipinski definition) is 4. The fourth-order valence-electron chi connectivity index (χ4n) is 2.85. The first-order valence-corrected chi connectivity index (χ1v) is 9.49. The van der Waals surface area contributed by atoms with Gasteiger partial charge in [-0.15, -0.1) is 0 Å². The number of aromatic nitrogens is 1. The second-order valence-corrected chi connectivity index (χ2v) is 7.63. The lowest BCUT2D eigenvalue weighted by Gasteiger charge is -2.04. The molecular formula is C21H22N2O3S. The van der Waals surface area contributed by atoms with Crippen molar-refractivity contribution in [3.8, 4) is 0 Å². The van der Waals surface area contributed by atoms with Crippen LogP contribution in [0.2, 0.25) is 0 Å². The van der Waals surface area contributed by atoms with Gasteiger partial charge in [0.15, 0.2) is 4.80 Å². The van der Waals surface area contributed by atoms with Crippen molar-refractivity contribution >= 4 is 33.4 Å². The number of methoxy groups -OCH3 is 1. The highest BCUT2D eigenvalue weighted by Crippen LogP contribution is 2.19. The molecule has 1 amide bonds. The number of benzene rings is 2. The van der Waals surface area contributed by atoms with Crippen LogP contribution in [0.25, 0.3) is 10.2 Å². The Morgan fingerprint density at radius 3 is 2.56 bits per heavy atom. The van der Waals surface area contributed by atoms with Gasteiger partial charge >= 0.3 is 5.97 Å². The van der Waals surface area contributed by atoms with Crippen LogP contribution in [0.4, 0.5) is 0 Å². The van der Waals surface area contributed by atoms with Crippen LogP contribution in [-0.2, 0) is 27.3 Å². The molecular weight excluding hydrogens is 360 g/mol. The third-order valence-electron chi connectivity index (χ3n) is 4.50. The number of carbonyl (C=O) groups excluding carboxylic acids is 2. The number of carbonyl (C=O) groups is 2. The van der Waals surface area contributed by atoms with Gasteiger partial charge in [0.25, 0.3) is 5.91 Å². The lowest BCUT2D eigenvalue weighted by molar-refractivity contribution is -0.141. The van der Waals surface area contributed by atoms with Gasteiger partial charge in [-0.3, -0.25) is 9.59 Å². The molecule has 0 aliphatic rings. The Hall–Kier alpha value is -2.73. The highest BCUT2D eigenvalue weighted by molar-refractivity contribution is 7.16. The zero-order valence-corrected chi connectivity index (χ0v) is 16.7. The Bertz CT molecular complexity index is 1090. The molecule has 2 aromatic carbocycles. The topological polar surface area (TPSA) is 60.7 Å². The molecule has 5 nitrogen and oxygen atoms in total. The van der Waals surface area contributed by atoms with E-state index in [1.165, 1.54) is 24.0 Å². The van der Waals surface area contributed by atoms with Crippen LogP contribution in [-0.4, -0.2) is 23.6 Å². The van der Waals surface area contributed by atoms with Gasteiger partial charge in [-0.05, 0) is 55.2 Å². The largest absolute Gasteiger partial charge is 0.468 e. The van der Waals surface area contributed by atoms with Gasteiger partial charge in [-0.25, -0.2) is 0 Å². The van der Waals surface area contributed by atoms with E-state index in [9.17, 15) is 9.59 Å². The molecule has 1 aromatic heterocycles. The number of fused-ring (bicyclic) bond motifs is 1. The van der Waals surface area contributed by atoms with Crippen LogP contribution in [0.1, 0.15) is 22.3 Å². The van der Waals surface area contributed by atoms with Crippen molar-refractivity contribution in [2.45, 2.75) is 33.7 Å². The molecule has 0 aliphatic carbocycles. The molecule has 1 heterocycles. The molecule has 0 spiro atoms. The zero-order chi connectivity index (χ0) is 19.6. The predicted octanol–water partition coefficient (Wildman–Crippen LogP) is 3.47. The molecule has 27 heavy (non-hydrogen) atoms. The van der Waals surface area contributed by atoms with E-state index < -0.39 is 0 Å². The van der Waals surface area contributed by atoms with Crippen LogP contribution in [0.5, 0.6) is 0 Å². The van der Waals surface area contributed by atoms with Crippen molar-refractivity contribution < 1.29 is 14.3 Å². The van der Waals surface area contributed by atoms with E-state index in [-0.39, 0.29) is 24.8 Å². The number of amides is 1. The summed E-state index contributed by atoms with van der Waals surface area (Å²) in [4.78, 5) is 29.2. The summed E-state index contributed by atoms with van der Waals surface area (Å²) < 4.78 is 7.52. The van der Waals surface area contributed by atoms with Crippen molar-refractivity contribution in [1.29, 1.82) is 0 Å². The maximum Gasteiger partial charge on any atom is 0.325 e. The Labute approximate surface area is 161 Å². The number of esters is 1. The van der Waals surface area contributed by atoms with Crippen molar-refractivity contribution in [3.05, 3.63) is 63.5 Å². The van der Waals surface area contributed by atoms with Crippen LogP contribution in [0, 0.1) is 20.8 Å². The Morgan fingerprint density at radius 1 is 1.07 bits per heavy atom. The first-order chi connectivity index (χ1) is 12.9. The molecule has 3 rings (SSSR count). The van der Waals surface area contributed by atoms with Gasteiger partial charge < -0.3 is 9.30 Å². The van der Waals surface area contributed by atoms with Crippen molar-refractivity contribution in [2.24, 2.45) is 4.99 Å². The normalized spacial score (nSPS) is 11.8. The highest BCUT2D eigenvalue weighted by atomic mass is 32.1. The molecule has 6 heteroatoms.